The van der Waals surface area contributed by atoms with Crippen LogP contribution < -0.4 is 0 Å². The van der Waals surface area contributed by atoms with E-state index >= 15 is 0 Å². The SMILES string of the molecule is CCCCc1nc2cccc(C(=O)OCC)c2n1Cc1ccc(-c2ccccc2)c(-c2nnn[nH]2)c1. The molecule has 3 aromatic carbocycles. The van der Waals surface area contributed by atoms with Crippen molar-refractivity contribution < 1.29 is 9.53 Å². The summed E-state index contributed by atoms with van der Waals surface area (Å²) < 4.78 is 7.51. The van der Waals surface area contributed by atoms with Crippen LogP contribution in [0.2, 0.25) is 0 Å². The van der Waals surface area contributed by atoms with Gasteiger partial charge in [-0.2, -0.15) is 0 Å². The average Bonchev–Trinajstić information content (AvgIpc) is 3.57. The molecule has 0 fully saturated rings. The zero-order chi connectivity index (χ0) is 24.9. The van der Waals surface area contributed by atoms with Gasteiger partial charge in [-0.05, 0) is 58.7 Å². The first-order chi connectivity index (χ1) is 17.7. The molecule has 2 aromatic heterocycles. The van der Waals surface area contributed by atoms with Gasteiger partial charge in [-0.3, -0.25) is 0 Å². The van der Waals surface area contributed by atoms with Gasteiger partial charge in [0.15, 0.2) is 5.82 Å². The second kappa shape index (κ2) is 10.5. The molecule has 2 heterocycles. The number of aromatic amines is 1. The minimum atomic E-state index is -0.334. The second-order valence-corrected chi connectivity index (χ2v) is 8.61. The summed E-state index contributed by atoms with van der Waals surface area (Å²) in [6, 6.07) is 22.1. The maximum absolute atomic E-state index is 12.8. The zero-order valence-electron chi connectivity index (χ0n) is 20.4. The number of esters is 1. The van der Waals surface area contributed by atoms with Gasteiger partial charge in [-0.15, -0.1) is 5.10 Å². The van der Waals surface area contributed by atoms with Crippen LogP contribution >= 0.6 is 0 Å². The largest absolute Gasteiger partial charge is 0.462 e. The summed E-state index contributed by atoms with van der Waals surface area (Å²) in [4.78, 5) is 17.7. The number of tetrazole rings is 1. The van der Waals surface area contributed by atoms with Gasteiger partial charge < -0.3 is 9.30 Å². The molecule has 0 aliphatic rings. The fraction of sp³-hybridized carbons (Fsp3) is 0.250. The maximum Gasteiger partial charge on any atom is 0.340 e. The summed E-state index contributed by atoms with van der Waals surface area (Å²) >= 11 is 0. The van der Waals surface area contributed by atoms with Crippen LogP contribution in [0.15, 0.2) is 66.7 Å². The third kappa shape index (κ3) is 4.62. The lowest BCUT2D eigenvalue weighted by molar-refractivity contribution is 0.0528. The fourth-order valence-corrected chi connectivity index (χ4v) is 4.51. The number of aryl methyl sites for hydroxylation is 1. The highest BCUT2D eigenvalue weighted by atomic mass is 16.5. The lowest BCUT2D eigenvalue weighted by Crippen LogP contribution is -2.11. The van der Waals surface area contributed by atoms with E-state index in [2.05, 4.69) is 62.4 Å². The molecule has 182 valence electrons. The second-order valence-electron chi connectivity index (χ2n) is 8.61. The predicted molar refractivity (Wildman–Crippen MR) is 138 cm³/mol. The van der Waals surface area contributed by atoms with Crippen molar-refractivity contribution in [2.75, 3.05) is 6.61 Å². The molecule has 8 nitrogen and oxygen atoms in total. The number of aromatic nitrogens is 6. The number of benzene rings is 3. The quantitative estimate of drug-likeness (QED) is 0.282. The van der Waals surface area contributed by atoms with Crippen LogP contribution in [0.5, 0.6) is 0 Å². The number of nitrogens with zero attached hydrogens (tertiary/aromatic N) is 5. The van der Waals surface area contributed by atoms with Crippen molar-refractivity contribution in [2.45, 2.75) is 39.7 Å². The van der Waals surface area contributed by atoms with Crippen molar-refractivity contribution in [1.82, 2.24) is 30.2 Å². The highest BCUT2D eigenvalue weighted by Gasteiger charge is 2.20. The van der Waals surface area contributed by atoms with Gasteiger partial charge in [-0.25, -0.2) is 14.9 Å². The Bertz CT molecular complexity index is 1480. The Labute approximate surface area is 209 Å². The first-order valence-corrected chi connectivity index (χ1v) is 12.3. The van der Waals surface area contributed by atoms with Crippen LogP contribution in [-0.4, -0.2) is 42.8 Å². The molecule has 0 radical (unpaired) electrons. The van der Waals surface area contributed by atoms with E-state index in [9.17, 15) is 4.79 Å². The Morgan fingerprint density at radius 3 is 2.61 bits per heavy atom. The number of hydrogen-bond donors (Lipinski definition) is 1. The summed E-state index contributed by atoms with van der Waals surface area (Å²) in [6.45, 7) is 4.85. The van der Waals surface area contributed by atoms with Crippen LogP contribution in [0.1, 0.15) is 48.4 Å². The van der Waals surface area contributed by atoms with Crippen LogP contribution in [-0.2, 0) is 17.7 Å². The molecule has 0 unspecified atom stereocenters. The fourth-order valence-electron chi connectivity index (χ4n) is 4.51. The molecule has 5 rings (SSSR count). The van der Waals surface area contributed by atoms with Gasteiger partial charge in [0.2, 0.25) is 0 Å². The number of fused-ring (bicyclic) bond motifs is 1. The van der Waals surface area contributed by atoms with Gasteiger partial charge >= 0.3 is 5.97 Å². The van der Waals surface area contributed by atoms with Crippen LogP contribution in [0.3, 0.4) is 0 Å². The minimum absolute atomic E-state index is 0.321. The summed E-state index contributed by atoms with van der Waals surface area (Å²) in [6.07, 6.45) is 2.90. The van der Waals surface area contributed by atoms with Gasteiger partial charge in [-0.1, -0.05) is 61.9 Å². The number of ether oxygens (including phenoxy) is 1. The highest BCUT2D eigenvalue weighted by Crippen LogP contribution is 2.32. The number of carbonyl (C=O) groups excluding carboxylic acids is 1. The van der Waals surface area contributed by atoms with Gasteiger partial charge in [0.1, 0.15) is 5.82 Å². The lowest BCUT2D eigenvalue weighted by Gasteiger charge is -2.14. The predicted octanol–water partition coefficient (Wildman–Crippen LogP) is 5.45. The molecule has 0 spiro atoms. The van der Waals surface area contributed by atoms with E-state index in [1.54, 1.807) is 0 Å². The number of imidazole rings is 1. The van der Waals surface area contributed by atoms with Crippen molar-refractivity contribution >= 4 is 17.0 Å². The van der Waals surface area contributed by atoms with E-state index in [0.717, 1.165) is 58.4 Å². The topological polar surface area (TPSA) is 98.6 Å². The van der Waals surface area contributed by atoms with Crippen molar-refractivity contribution in [1.29, 1.82) is 0 Å². The Kier molecular flexibility index (Phi) is 6.84. The van der Waals surface area contributed by atoms with Crippen LogP contribution in [0.25, 0.3) is 33.5 Å². The Hall–Kier alpha value is -4.33. The Morgan fingerprint density at radius 1 is 1.00 bits per heavy atom. The molecule has 0 aliphatic carbocycles. The van der Waals surface area contributed by atoms with Gasteiger partial charge in [0.05, 0.1) is 23.2 Å². The van der Waals surface area contributed by atoms with E-state index in [1.807, 2.05) is 43.3 Å². The third-order valence-electron chi connectivity index (χ3n) is 6.20. The zero-order valence-corrected chi connectivity index (χ0v) is 20.4. The van der Waals surface area contributed by atoms with Crippen molar-refractivity contribution in [3.63, 3.8) is 0 Å². The highest BCUT2D eigenvalue weighted by molar-refractivity contribution is 6.02. The first-order valence-electron chi connectivity index (χ1n) is 12.3. The van der Waals surface area contributed by atoms with Crippen molar-refractivity contribution in [2.24, 2.45) is 0 Å². The number of unbranched alkanes of at least 4 members (excludes halogenated alkanes) is 1. The lowest BCUT2D eigenvalue weighted by atomic mass is 9.97. The van der Waals surface area contributed by atoms with Crippen LogP contribution in [0.4, 0.5) is 0 Å². The minimum Gasteiger partial charge on any atom is -0.462 e. The number of nitrogens with one attached hydrogen (secondary N) is 1. The normalized spacial score (nSPS) is 11.2. The molecule has 8 heteroatoms. The summed E-state index contributed by atoms with van der Waals surface area (Å²) in [5.74, 6) is 1.22. The number of rotatable bonds is 9. The maximum atomic E-state index is 12.8. The van der Waals surface area contributed by atoms with E-state index in [4.69, 9.17) is 9.72 Å². The first kappa shape index (κ1) is 23.4. The van der Waals surface area contributed by atoms with Gasteiger partial charge in [0.25, 0.3) is 0 Å². The van der Waals surface area contributed by atoms with Crippen molar-refractivity contribution in [3.8, 4) is 22.5 Å². The Morgan fingerprint density at radius 2 is 1.86 bits per heavy atom. The molecule has 1 N–H and O–H groups in total. The number of H-pyrrole nitrogens is 1. The molecule has 0 atom stereocenters. The number of hydrogen-bond acceptors (Lipinski definition) is 6. The van der Waals surface area contributed by atoms with Crippen molar-refractivity contribution in [3.05, 3.63) is 83.7 Å². The summed E-state index contributed by atoms with van der Waals surface area (Å²) in [7, 11) is 0. The van der Waals surface area contributed by atoms with Gasteiger partial charge in [0, 0.05) is 18.5 Å². The molecule has 0 amide bonds. The molecular formula is C28H28N6O2. The van der Waals surface area contributed by atoms with E-state index in [1.165, 1.54) is 0 Å². The van der Waals surface area contributed by atoms with E-state index < -0.39 is 0 Å². The molecule has 0 saturated heterocycles. The molecule has 0 bridgehead atoms. The molecule has 0 aliphatic heterocycles. The summed E-state index contributed by atoms with van der Waals surface area (Å²) in [5.41, 5.74) is 6.21. The molecular weight excluding hydrogens is 452 g/mol. The number of carbonyl (C=O) groups is 1. The monoisotopic (exact) mass is 480 g/mol. The van der Waals surface area contributed by atoms with Crippen LogP contribution in [0, 0.1) is 0 Å². The summed E-state index contributed by atoms with van der Waals surface area (Å²) in [5, 5.41) is 14.7. The third-order valence-corrected chi connectivity index (χ3v) is 6.20. The molecule has 5 aromatic rings. The molecule has 0 saturated carbocycles. The number of para-hydroxylation sites is 1. The van der Waals surface area contributed by atoms with E-state index in [-0.39, 0.29) is 5.97 Å². The standard InChI is InChI=1S/C28H28N6O2/c1-3-5-14-25-29-24-13-9-12-22(28(35)36-4-2)26(24)34(25)18-19-15-16-21(20-10-7-6-8-11-20)23(17-19)27-30-32-33-31-27/h6-13,15-17H,3-5,14,18H2,1-2H3,(H,30,31,32,33). The van der Waals surface area contributed by atoms with E-state index in [0.29, 0.717) is 24.5 Å². The Balaban J connectivity index is 1.63. The molecule has 36 heavy (non-hydrogen) atoms. The smallest absolute Gasteiger partial charge is 0.340 e. The average molecular weight is 481 g/mol.